The van der Waals surface area contributed by atoms with Crippen LogP contribution in [-0.2, 0) is 14.3 Å². The Hall–Kier alpha value is -3.29. The molecule has 0 aliphatic carbocycles. The molecule has 0 saturated carbocycles. The molecule has 1 atom stereocenters. The van der Waals surface area contributed by atoms with E-state index in [9.17, 15) is 19.2 Å². The lowest BCUT2D eigenvalue weighted by Crippen LogP contribution is -2.60. The van der Waals surface area contributed by atoms with Gasteiger partial charge in [0.25, 0.3) is 0 Å². The first-order valence-corrected chi connectivity index (χ1v) is 9.53. The molecule has 1 aromatic carbocycles. The van der Waals surface area contributed by atoms with Gasteiger partial charge in [-0.15, -0.1) is 6.58 Å². The maximum Gasteiger partial charge on any atom is 0.338 e. The third-order valence-corrected chi connectivity index (χ3v) is 4.32. The zero-order valence-electron chi connectivity index (χ0n) is 16.7. The van der Waals surface area contributed by atoms with Crippen molar-refractivity contribution in [3.63, 3.8) is 0 Å². The molecule has 1 aliphatic rings. The van der Waals surface area contributed by atoms with Crippen molar-refractivity contribution in [2.75, 3.05) is 19.7 Å². The zero-order valence-corrected chi connectivity index (χ0v) is 16.7. The molecular weight excluding hydrogens is 374 g/mol. The summed E-state index contributed by atoms with van der Waals surface area (Å²) in [6.45, 7) is 7.77. The fraction of sp³-hybridized carbons (Fsp3) is 0.381. The third kappa shape index (κ3) is 5.16. The van der Waals surface area contributed by atoms with Gasteiger partial charge in [-0.25, -0.2) is 9.59 Å². The highest BCUT2D eigenvalue weighted by Crippen LogP contribution is 2.20. The number of carbonyl (C=O) groups is 4. The zero-order chi connectivity index (χ0) is 21.4. The molecule has 0 radical (unpaired) electrons. The lowest BCUT2D eigenvalue weighted by atomic mass is 10.0. The second kappa shape index (κ2) is 10.3. The highest BCUT2D eigenvalue weighted by atomic mass is 16.5. The minimum atomic E-state index is -1.19. The van der Waals surface area contributed by atoms with Gasteiger partial charge in [-0.3, -0.25) is 24.4 Å². The molecule has 29 heavy (non-hydrogen) atoms. The van der Waals surface area contributed by atoms with Gasteiger partial charge in [0.1, 0.15) is 0 Å². The van der Waals surface area contributed by atoms with Crippen LogP contribution in [-0.4, -0.2) is 59.5 Å². The van der Waals surface area contributed by atoms with Crippen LogP contribution in [0.2, 0.25) is 0 Å². The van der Waals surface area contributed by atoms with E-state index in [0.29, 0.717) is 17.7 Å². The van der Waals surface area contributed by atoms with E-state index in [1.54, 1.807) is 31.2 Å². The summed E-state index contributed by atoms with van der Waals surface area (Å²) < 4.78 is 4.92. The number of ether oxygens (including phenoxy) is 1. The number of imide groups is 2. The van der Waals surface area contributed by atoms with E-state index < -0.39 is 29.7 Å². The Kier molecular flexibility index (Phi) is 7.82. The number of amides is 4. The van der Waals surface area contributed by atoms with Crippen molar-refractivity contribution in [3.8, 4) is 0 Å². The Morgan fingerprint density at radius 2 is 1.79 bits per heavy atom. The summed E-state index contributed by atoms with van der Waals surface area (Å²) in [6, 6.07) is 5.65. The number of hydrogen-bond acceptors (Lipinski definition) is 6. The Balaban J connectivity index is 2.22. The number of unbranched alkanes of at least 4 members (excludes halogenated alkanes) is 1. The number of carbonyl (C=O) groups excluding carboxylic acids is 4. The molecule has 0 aromatic heterocycles. The van der Waals surface area contributed by atoms with Crippen LogP contribution in [0.25, 0.3) is 0 Å². The topological polar surface area (TPSA) is 96.3 Å². The van der Waals surface area contributed by atoms with Crippen molar-refractivity contribution >= 4 is 35.7 Å². The molecule has 1 fully saturated rings. The number of esters is 1. The molecule has 1 aromatic rings. The summed E-state index contributed by atoms with van der Waals surface area (Å²) in [5.74, 6) is -2.83. The summed E-state index contributed by atoms with van der Waals surface area (Å²) >= 11 is 0. The summed E-state index contributed by atoms with van der Waals surface area (Å²) in [4.78, 5) is 55.9. The molecule has 1 heterocycles. The van der Waals surface area contributed by atoms with Crippen LogP contribution in [0, 0.1) is 5.92 Å². The highest BCUT2D eigenvalue weighted by Gasteiger charge is 2.44. The quantitative estimate of drug-likeness (QED) is 0.275. The minimum absolute atomic E-state index is 0.0200. The van der Waals surface area contributed by atoms with E-state index in [-0.39, 0.29) is 19.7 Å². The molecular formula is C21H25N3O5. The van der Waals surface area contributed by atoms with Crippen molar-refractivity contribution in [1.29, 1.82) is 0 Å². The van der Waals surface area contributed by atoms with Crippen LogP contribution in [0.1, 0.15) is 37.0 Å². The summed E-state index contributed by atoms with van der Waals surface area (Å²) in [6.07, 6.45) is 4.13. The number of rotatable bonds is 9. The van der Waals surface area contributed by atoms with Crippen LogP contribution < -0.4 is 0 Å². The SMILES string of the molecule is C=CCN1C(=O)C(C=Nc2ccc(C(=O)OCC)cc2)C(=O)N(CCCC)C1=O. The van der Waals surface area contributed by atoms with E-state index >= 15 is 0 Å². The molecule has 8 heteroatoms. The number of aliphatic imine (C=N–C) groups is 1. The molecule has 2 rings (SSSR count). The molecule has 0 N–H and O–H groups in total. The summed E-state index contributed by atoms with van der Waals surface area (Å²) in [5, 5.41) is 0. The summed E-state index contributed by atoms with van der Waals surface area (Å²) in [5.41, 5.74) is 0.843. The van der Waals surface area contributed by atoms with Gasteiger partial charge >= 0.3 is 12.0 Å². The predicted octanol–water partition coefficient (Wildman–Crippen LogP) is 2.96. The maximum atomic E-state index is 12.7. The first-order chi connectivity index (χ1) is 13.9. The van der Waals surface area contributed by atoms with Gasteiger partial charge in [0.05, 0.1) is 17.9 Å². The van der Waals surface area contributed by atoms with Crippen LogP contribution >= 0.6 is 0 Å². The Morgan fingerprint density at radius 3 is 2.38 bits per heavy atom. The third-order valence-electron chi connectivity index (χ3n) is 4.32. The Morgan fingerprint density at radius 1 is 1.14 bits per heavy atom. The number of barbiturate groups is 1. The Bertz CT molecular complexity index is 816. The molecule has 0 spiro atoms. The van der Waals surface area contributed by atoms with Gasteiger partial charge in [0.15, 0.2) is 5.92 Å². The molecule has 0 bridgehead atoms. The molecule has 8 nitrogen and oxygen atoms in total. The standard InChI is InChI=1S/C21H25N3O5/c1-4-7-13-24-19(26)17(18(25)23(12-5-2)21(24)28)14-22-16-10-8-15(9-11-16)20(27)29-6-3/h5,8-11,14,17H,2,4,6-7,12-13H2,1,3H3. The van der Waals surface area contributed by atoms with Crippen LogP contribution in [0.4, 0.5) is 10.5 Å². The Labute approximate surface area is 169 Å². The van der Waals surface area contributed by atoms with Gasteiger partial charge in [0, 0.05) is 19.3 Å². The molecule has 1 aliphatic heterocycles. The smallest absolute Gasteiger partial charge is 0.338 e. The van der Waals surface area contributed by atoms with Crippen molar-refractivity contribution < 1.29 is 23.9 Å². The minimum Gasteiger partial charge on any atom is -0.462 e. The second-order valence-corrected chi connectivity index (χ2v) is 6.39. The lowest BCUT2D eigenvalue weighted by Gasteiger charge is -2.35. The van der Waals surface area contributed by atoms with Gasteiger partial charge in [-0.05, 0) is 37.6 Å². The molecule has 154 valence electrons. The average molecular weight is 399 g/mol. The van der Waals surface area contributed by atoms with E-state index in [1.807, 2.05) is 6.92 Å². The average Bonchev–Trinajstić information content (AvgIpc) is 2.71. The van der Waals surface area contributed by atoms with Crippen LogP contribution in [0.15, 0.2) is 41.9 Å². The first kappa shape index (κ1) is 22.0. The van der Waals surface area contributed by atoms with Crippen LogP contribution in [0.3, 0.4) is 0 Å². The summed E-state index contributed by atoms with van der Waals surface area (Å²) in [7, 11) is 0. The van der Waals surface area contributed by atoms with Gasteiger partial charge in [-0.2, -0.15) is 0 Å². The number of hydrogen-bond donors (Lipinski definition) is 0. The first-order valence-electron chi connectivity index (χ1n) is 9.53. The van der Waals surface area contributed by atoms with Crippen molar-refractivity contribution in [2.45, 2.75) is 26.7 Å². The highest BCUT2D eigenvalue weighted by molar-refractivity contribution is 6.23. The van der Waals surface area contributed by atoms with Crippen LogP contribution in [0.5, 0.6) is 0 Å². The molecule has 4 amide bonds. The monoisotopic (exact) mass is 399 g/mol. The number of benzene rings is 1. The number of urea groups is 1. The van der Waals surface area contributed by atoms with Crippen molar-refractivity contribution in [3.05, 3.63) is 42.5 Å². The largest absolute Gasteiger partial charge is 0.462 e. The fourth-order valence-corrected chi connectivity index (χ4v) is 2.78. The maximum absolute atomic E-state index is 12.7. The second-order valence-electron chi connectivity index (χ2n) is 6.39. The van der Waals surface area contributed by atoms with E-state index in [2.05, 4.69) is 11.6 Å². The van der Waals surface area contributed by atoms with E-state index in [0.717, 1.165) is 16.2 Å². The van der Waals surface area contributed by atoms with E-state index in [4.69, 9.17) is 4.74 Å². The number of nitrogens with zero attached hydrogens (tertiary/aromatic N) is 3. The lowest BCUT2D eigenvalue weighted by molar-refractivity contribution is -0.145. The fourth-order valence-electron chi connectivity index (χ4n) is 2.78. The normalized spacial score (nSPS) is 17.2. The van der Waals surface area contributed by atoms with E-state index in [1.165, 1.54) is 12.3 Å². The van der Waals surface area contributed by atoms with Crippen molar-refractivity contribution in [2.24, 2.45) is 10.9 Å². The molecule has 1 saturated heterocycles. The van der Waals surface area contributed by atoms with Gasteiger partial charge in [-0.1, -0.05) is 19.4 Å². The molecule has 1 unspecified atom stereocenters. The van der Waals surface area contributed by atoms with Crippen molar-refractivity contribution in [1.82, 2.24) is 9.80 Å². The predicted molar refractivity (Wildman–Crippen MR) is 108 cm³/mol. The van der Waals surface area contributed by atoms with Gasteiger partial charge in [0.2, 0.25) is 11.8 Å². The van der Waals surface area contributed by atoms with Gasteiger partial charge < -0.3 is 4.74 Å².